The van der Waals surface area contributed by atoms with Gasteiger partial charge in [-0.2, -0.15) is 0 Å². The van der Waals surface area contributed by atoms with Crippen molar-refractivity contribution in [3.8, 4) is 0 Å². The summed E-state index contributed by atoms with van der Waals surface area (Å²) < 4.78 is 5.13. The van der Waals surface area contributed by atoms with Crippen molar-refractivity contribution < 1.29 is 4.74 Å². The second kappa shape index (κ2) is 4.19. The molecular weight excluding hydrogens is 174 g/mol. The van der Waals surface area contributed by atoms with Gasteiger partial charge in [0.2, 0.25) is 0 Å². The summed E-state index contributed by atoms with van der Waals surface area (Å²) in [6.07, 6.45) is 8.25. The largest absolute Gasteiger partial charge is 0.385 e. The van der Waals surface area contributed by atoms with Crippen LogP contribution in [0.4, 0.5) is 0 Å². The van der Waals surface area contributed by atoms with Crippen molar-refractivity contribution in [3.63, 3.8) is 0 Å². The molecule has 14 heavy (non-hydrogen) atoms. The highest BCUT2D eigenvalue weighted by atomic mass is 16.5. The molecule has 82 valence electrons. The molecule has 2 N–H and O–H groups in total. The van der Waals surface area contributed by atoms with Gasteiger partial charge in [0, 0.05) is 13.7 Å². The summed E-state index contributed by atoms with van der Waals surface area (Å²) in [6.45, 7) is 1.80. The molecule has 2 bridgehead atoms. The smallest absolute Gasteiger partial charge is 0.0462 e. The van der Waals surface area contributed by atoms with E-state index in [1.54, 1.807) is 7.11 Å². The lowest BCUT2D eigenvalue weighted by Gasteiger charge is -2.36. The van der Waals surface area contributed by atoms with Gasteiger partial charge in [-0.25, -0.2) is 0 Å². The Morgan fingerprint density at radius 3 is 2.79 bits per heavy atom. The monoisotopic (exact) mass is 197 g/mol. The van der Waals surface area contributed by atoms with Gasteiger partial charge in [0.15, 0.2) is 0 Å². The minimum atomic E-state index is 0.501. The first-order valence-electron chi connectivity index (χ1n) is 6.00. The Bertz CT molecular complexity index is 195. The van der Waals surface area contributed by atoms with Crippen LogP contribution in [0.3, 0.4) is 0 Å². The van der Waals surface area contributed by atoms with E-state index >= 15 is 0 Å². The van der Waals surface area contributed by atoms with E-state index in [0.717, 1.165) is 25.0 Å². The molecule has 2 aliphatic carbocycles. The van der Waals surface area contributed by atoms with Gasteiger partial charge in [0.1, 0.15) is 0 Å². The van der Waals surface area contributed by atoms with Crippen LogP contribution >= 0.6 is 0 Å². The Labute approximate surface area is 87.2 Å². The maximum Gasteiger partial charge on any atom is 0.0462 e. The van der Waals surface area contributed by atoms with Crippen LogP contribution < -0.4 is 5.73 Å². The number of ether oxygens (including phenoxy) is 1. The molecule has 3 atom stereocenters. The third-order valence-corrected chi connectivity index (χ3v) is 4.53. The minimum Gasteiger partial charge on any atom is -0.385 e. The van der Waals surface area contributed by atoms with Gasteiger partial charge in [0.05, 0.1) is 0 Å². The zero-order valence-corrected chi connectivity index (χ0v) is 9.30. The molecule has 2 fully saturated rings. The van der Waals surface area contributed by atoms with Crippen molar-refractivity contribution in [2.45, 2.75) is 38.5 Å². The minimum absolute atomic E-state index is 0.501. The van der Waals surface area contributed by atoms with Gasteiger partial charge in [-0.3, -0.25) is 0 Å². The first kappa shape index (κ1) is 10.4. The number of hydrogen-bond acceptors (Lipinski definition) is 2. The van der Waals surface area contributed by atoms with E-state index < -0.39 is 0 Å². The fourth-order valence-electron chi connectivity index (χ4n) is 3.78. The predicted octanol–water partition coefficient (Wildman–Crippen LogP) is 2.18. The van der Waals surface area contributed by atoms with Gasteiger partial charge in [-0.15, -0.1) is 0 Å². The maximum absolute atomic E-state index is 6.00. The molecule has 2 aliphatic rings. The maximum atomic E-state index is 6.00. The van der Waals surface area contributed by atoms with Crippen molar-refractivity contribution in [2.75, 3.05) is 20.3 Å². The lowest BCUT2D eigenvalue weighted by molar-refractivity contribution is 0.124. The van der Waals surface area contributed by atoms with Crippen LogP contribution in [0.2, 0.25) is 0 Å². The molecule has 0 heterocycles. The fraction of sp³-hybridized carbons (Fsp3) is 1.00. The standard InChI is InChI=1S/C12H23NO/c1-14-6-2-5-12(9-13)8-10-3-4-11(12)7-10/h10-11H,2-9,13H2,1H3. The lowest BCUT2D eigenvalue weighted by Crippen LogP contribution is -2.36. The average molecular weight is 197 g/mol. The Kier molecular flexibility index (Phi) is 3.13. The number of fused-ring (bicyclic) bond motifs is 2. The van der Waals surface area contributed by atoms with E-state index in [2.05, 4.69) is 0 Å². The summed E-state index contributed by atoms with van der Waals surface area (Å²) in [7, 11) is 1.79. The van der Waals surface area contributed by atoms with Crippen LogP contribution in [-0.2, 0) is 4.74 Å². The molecule has 3 unspecified atom stereocenters. The molecule has 0 saturated heterocycles. The van der Waals surface area contributed by atoms with Gasteiger partial charge in [-0.1, -0.05) is 6.42 Å². The van der Waals surface area contributed by atoms with Crippen LogP contribution in [0.25, 0.3) is 0 Å². The van der Waals surface area contributed by atoms with Gasteiger partial charge in [0.25, 0.3) is 0 Å². The van der Waals surface area contributed by atoms with Crippen LogP contribution in [0.1, 0.15) is 38.5 Å². The third kappa shape index (κ3) is 1.70. The van der Waals surface area contributed by atoms with E-state index in [9.17, 15) is 0 Å². The molecule has 2 heteroatoms. The predicted molar refractivity (Wildman–Crippen MR) is 58.0 cm³/mol. The second-order valence-corrected chi connectivity index (χ2v) is 5.24. The van der Waals surface area contributed by atoms with Crippen molar-refractivity contribution in [3.05, 3.63) is 0 Å². The highest BCUT2D eigenvalue weighted by Crippen LogP contribution is 2.57. The quantitative estimate of drug-likeness (QED) is 0.686. The summed E-state index contributed by atoms with van der Waals surface area (Å²) in [5.41, 5.74) is 6.50. The second-order valence-electron chi connectivity index (χ2n) is 5.24. The molecule has 0 aliphatic heterocycles. The third-order valence-electron chi connectivity index (χ3n) is 4.53. The van der Waals surface area contributed by atoms with Crippen molar-refractivity contribution in [1.82, 2.24) is 0 Å². The molecule has 2 nitrogen and oxygen atoms in total. The van der Waals surface area contributed by atoms with Crippen molar-refractivity contribution >= 4 is 0 Å². The van der Waals surface area contributed by atoms with Crippen LogP contribution in [0.15, 0.2) is 0 Å². The first-order valence-corrected chi connectivity index (χ1v) is 6.00. The molecule has 2 rings (SSSR count). The molecule has 0 spiro atoms. The number of methoxy groups -OCH3 is 1. The fourth-order valence-corrected chi connectivity index (χ4v) is 3.78. The highest BCUT2D eigenvalue weighted by molar-refractivity contribution is 5.00. The number of rotatable bonds is 5. The van der Waals surface area contributed by atoms with E-state index in [0.29, 0.717) is 5.41 Å². The molecule has 0 aromatic rings. The summed E-state index contributed by atoms with van der Waals surface area (Å²) >= 11 is 0. The first-order chi connectivity index (χ1) is 6.80. The van der Waals surface area contributed by atoms with Crippen molar-refractivity contribution in [1.29, 1.82) is 0 Å². The van der Waals surface area contributed by atoms with Gasteiger partial charge < -0.3 is 10.5 Å². The Morgan fingerprint density at radius 2 is 2.29 bits per heavy atom. The van der Waals surface area contributed by atoms with E-state index in [1.807, 2.05) is 0 Å². The average Bonchev–Trinajstić information content (AvgIpc) is 2.78. The van der Waals surface area contributed by atoms with Gasteiger partial charge >= 0.3 is 0 Å². The zero-order chi connectivity index (χ0) is 10.0. The van der Waals surface area contributed by atoms with E-state index in [4.69, 9.17) is 10.5 Å². The van der Waals surface area contributed by atoms with Crippen LogP contribution in [0, 0.1) is 17.3 Å². The van der Waals surface area contributed by atoms with Crippen molar-refractivity contribution in [2.24, 2.45) is 23.0 Å². The summed E-state index contributed by atoms with van der Waals surface area (Å²) in [5, 5.41) is 0. The topological polar surface area (TPSA) is 35.2 Å². The Balaban J connectivity index is 1.90. The summed E-state index contributed by atoms with van der Waals surface area (Å²) in [4.78, 5) is 0. The highest BCUT2D eigenvalue weighted by Gasteiger charge is 2.49. The molecule has 0 aromatic heterocycles. The van der Waals surface area contributed by atoms with E-state index in [1.165, 1.54) is 38.5 Å². The molecular formula is C12H23NO. The molecule has 0 radical (unpaired) electrons. The Hall–Kier alpha value is -0.0800. The summed E-state index contributed by atoms with van der Waals surface area (Å²) in [6, 6.07) is 0. The SMILES string of the molecule is COCCCC1(CN)CC2CCC1C2. The number of nitrogens with two attached hydrogens (primary N) is 1. The van der Waals surface area contributed by atoms with Crippen LogP contribution in [-0.4, -0.2) is 20.3 Å². The Morgan fingerprint density at radius 1 is 1.43 bits per heavy atom. The number of hydrogen-bond donors (Lipinski definition) is 1. The van der Waals surface area contributed by atoms with Gasteiger partial charge in [-0.05, 0) is 55.9 Å². The normalized spacial score (nSPS) is 40.7. The zero-order valence-electron chi connectivity index (χ0n) is 9.30. The molecule has 0 amide bonds. The van der Waals surface area contributed by atoms with E-state index in [-0.39, 0.29) is 0 Å². The lowest BCUT2D eigenvalue weighted by atomic mass is 9.70. The molecule has 2 saturated carbocycles. The van der Waals surface area contributed by atoms with Crippen LogP contribution in [0.5, 0.6) is 0 Å². The summed E-state index contributed by atoms with van der Waals surface area (Å²) in [5.74, 6) is 1.94. The molecule has 0 aromatic carbocycles.